The molecule has 2 rings (SSSR count). The van der Waals surface area contributed by atoms with Crippen molar-refractivity contribution < 1.29 is 17.4 Å². The van der Waals surface area contributed by atoms with Crippen LogP contribution < -0.4 is 0 Å². The molecule has 0 amide bonds. The molecule has 0 fully saturated rings. The average molecular weight is 356 g/mol. The summed E-state index contributed by atoms with van der Waals surface area (Å²) in [7, 11) is 0.223. The Morgan fingerprint density at radius 1 is 1.12 bits per heavy atom. The predicted octanol–water partition coefficient (Wildman–Crippen LogP) is 1.81. The van der Waals surface area contributed by atoms with Crippen LogP contribution in [0.2, 0.25) is 0 Å². The predicted molar refractivity (Wildman–Crippen MR) is 88.6 cm³/mol. The van der Waals surface area contributed by atoms with E-state index in [4.69, 9.17) is 8.94 Å². The second kappa shape index (κ2) is 7.45. The Kier molecular flexibility index (Phi) is 5.79. The molecule has 0 atom stereocenters. The second-order valence-electron chi connectivity index (χ2n) is 6.26. The number of furan rings is 1. The molecule has 134 valence electrons. The molecule has 24 heavy (non-hydrogen) atoms. The first-order chi connectivity index (χ1) is 11.1. The van der Waals surface area contributed by atoms with Crippen molar-refractivity contribution in [3.8, 4) is 0 Å². The maximum Gasteiger partial charge on any atom is 0.229 e. The van der Waals surface area contributed by atoms with Crippen LogP contribution in [-0.4, -0.2) is 48.1 Å². The molecule has 0 N–H and O–H groups in total. The van der Waals surface area contributed by atoms with Gasteiger partial charge in [-0.2, -0.15) is 9.29 Å². The van der Waals surface area contributed by atoms with Crippen molar-refractivity contribution >= 4 is 10.0 Å². The van der Waals surface area contributed by atoms with Gasteiger partial charge in [0.2, 0.25) is 15.9 Å². The van der Waals surface area contributed by atoms with Crippen molar-refractivity contribution in [3.63, 3.8) is 0 Å². The minimum absolute atomic E-state index is 0.205. The normalized spacial score (nSPS) is 12.7. The highest BCUT2D eigenvalue weighted by atomic mass is 32.2. The molecular weight excluding hydrogens is 332 g/mol. The zero-order valence-corrected chi connectivity index (χ0v) is 15.5. The van der Waals surface area contributed by atoms with Crippen molar-refractivity contribution in [3.05, 3.63) is 35.4 Å². The quantitative estimate of drug-likeness (QED) is 0.712. The van der Waals surface area contributed by atoms with Gasteiger partial charge in [0, 0.05) is 13.0 Å². The summed E-state index contributed by atoms with van der Waals surface area (Å²) < 4.78 is 35.0. The molecule has 0 aliphatic carbocycles. The van der Waals surface area contributed by atoms with E-state index in [1.54, 1.807) is 6.07 Å². The summed E-state index contributed by atoms with van der Waals surface area (Å²) in [6, 6.07) is 3.63. The van der Waals surface area contributed by atoms with E-state index in [0.29, 0.717) is 30.6 Å². The molecule has 2 aromatic heterocycles. The third-order valence-electron chi connectivity index (χ3n) is 3.48. The monoisotopic (exact) mass is 356 g/mol. The first-order valence-corrected chi connectivity index (χ1v) is 9.50. The molecule has 2 aromatic rings. The molecule has 0 saturated heterocycles. The zero-order chi connectivity index (χ0) is 17.9. The molecule has 0 unspecified atom stereocenters. The van der Waals surface area contributed by atoms with Gasteiger partial charge in [-0.25, -0.2) is 8.42 Å². The topological polar surface area (TPSA) is 92.7 Å². The van der Waals surface area contributed by atoms with E-state index < -0.39 is 10.0 Å². The summed E-state index contributed by atoms with van der Waals surface area (Å²) in [5.41, 5.74) is 0. The lowest BCUT2D eigenvalue weighted by Crippen LogP contribution is -2.24. The van der Waals surface area contributed by atoms with Crippen LogP contribution in [0.15, 0.2) is 21.1 Å². The third-order valence-corrected chi connectivity index (χ3v) is 4.74. The molecule has 2 heterocycles. The van der Waals surface area contributed by atoms with Crippen molar-refractivity contribution in [2.45, 2.75) is 39.4 Å². The Labute approximate surface area is 142 Å². The minimum atomic E-state index is -3.22. The smallest absolute Gasteiger partial charge is 0.229 e. The summed E-state index contributed by atoms with van der Waals surface area (Å²) in [6.45, 7) is 5.31. The van der Waals surface area contributed by atoms with Crippen LogP contribution in [-0.2, 0) is 29.7 Å². The van der Waals surface area contributed by atoms with E-state index in [1.165, 1.54) is 17.6 Å². The van der Waals surface area contributed by atoms with Crippen molar-refractivity contribution in [1.82, 2.24) is 19.3 Å². The third kappa shape index (κ3) is 5.15. The highest BCUT2D eigenvalue weighted by Crippen LogP contribution is 2.15. The van der Waals surface area contributed by atoms with E-state index in [9.17, 15) is 8.42 Å². The molecule has 0 bridgehead atoms. The Morgan fingerprint density at radius 2 is 1.75 bits per heavy atom. The SMILES string of the molecule is CC(C)c1nc(CN(C)Cc2ccc(CN(C)S(C)(=O)=O)o2)no1. The molecule has 0 saturated carbocycles. The van der Waals surface area contributed by atoms with Gasteiger partial charge in [0.15, 0.2) is 5.82 Å². The summed E-state index contributed by atoms with van der Waals surface area (Å²) in [5, 5.41) is 3.96. The van der Waals surface area contributed by atoms with E-state index in [1.807, 2.05) is 31.9 Å². The fraction of sp³-hybridized carbons (Fsp3) is 0.600. The van der Waals surface area contributed by atoms with Gasteiger partial charge in [0.05, 0.1) is 25.9 Å². The summed E-state index contributed by atoms with van der Waals surface area (Å²) >= 11 is 0. The van der Waals surface area contributed by atoms with E-state index in [-0.39, 0.29) is 12.5 Å². The number of sulfonamides is 1. The molecule has 0 aromatic carbocycles. The first kappa shape index (κ1) is 18.6. The highest BCUT2D eigenvalue weighted by molar-refractivity contribution is 7.88. The van der Waals surface area contributed by atoms with Gasteiger partial charge in [0.1, 0.15) is 11.5 Å². The van der Waals surface area contributed by atoms with Gasteiger partial charge in [-0.05, 0) is 19.2 Å². The number of aromatic nitrogens is 2. The van der Waals surface area contributed by atoms with Gasteiger partial charge in [0.25, 0.3) is 0 Å². The number of nitrogens with zero attached hydrogens (tertiary/aromatic N) is 4. The maximum absolute atomic E-state index is 11.4. The van der Waals surface area contributed by atoms with E-state index >= 15 is 0 Å². The fourth-order valence-electron chi connectivity index (χ4n) is 2.06. The van der Waals surface area contributed by atoms with Crippen LogP contribution in [0.1, 0.15) is 43.0 Å². The van der Waals surface area contributed by atoms with Crippen LogP contribution in [0.4, 0.5) is 0 Å². The van der Waals surface area contributed by atoms with E-state index in [0.717, 1.165) is 5.76 Å². The average Bonchev–Trinajstić information content (AvgIpc) is 3.07. The van der Waals surface area contributed by atoms with Crippen LogP contribution >= 0.6 is 0 Å². The maximum atomic E-state index is 11.4. The van der Waals surface area contributed by atoms with Gasteiger partial charge in [-0.1, -0.05) is 19.0 Å². The van der Waals surface area contributed by atoms with E-state index in [2.05, 4.69) is 10.1 Å². The molecule has 0 aliphatic heterocycles. The molecule has 0 aliphatic rings. The molecule has 0 spiro atoms. The van der Waals surface area contributed by atoms with Crippen LogP contribution in [0, 0.1) is 0 Å². The molecule has 0 radical (unpaired) electrons. The number of hydrogen-bond acceptors (Lipinski definition) is 7. The van der Waals surface area contributed by atoms with Crippen molar-refractivity contribution in [2.24, 2.45) is 0 Å². The van der Waals surface area contributed by atoms with Crippen LogP contribution in [0.3, 0.4) is 0 Å². The fourth-order valence-corrected chi connectivity index (χ4v) is 2.42. The van der Waals surface area contributed by atoms with Crippen LogP contribution in [0.25, 0.3) is 0 Å². The summed E-state index contributed by atoms with van der Waals surface area (Å²) in [5.74, 6) is 2.82. The minimum Gasteiger partial charge on any atom is -0.463 e. The lowest BCUT2D eigenvalue weighted by molar-refractivity contribution is 0.268. The largest absolute Gasteiger partial charge is 0.463 e. The zero-order valence-electron chi connectivity index (χ0n) is 14.7. The van der Waals surface area contributed by atoms with Gasteiger partial charge in [-0.15, -0.1) is 0 Å². The number of hydrogen-bond donors (Lipinski definition) is 0. The Bertz CT molecular complexity index is 766. The molecule has 9 heteroatoms. The van der Waals surface area contributed by atoms with Crippen molar-refractivity contribution in [2.75, 3.05) is 20.4 Å². The first-order valence-electron chi connectivity index (χ1n) is 7.65. The Hall–Kier alpha value is -1.71. The summed E-state index contributed by atoms with van der Waals surface area (Å²) in [6.07, 6.45) is 1.17. The standard InChI is InChI=1S/C15H24N4O4S/c1-11(2)15-16-14(17-23-15)10-18(3)8-12-6-7-13(22-12)9-19(4)24(5,20)21/h6-7,11H,8-10H2,1-5H3. The van der Waals surface area contributed by atoms with Gasteiger partial charge >= 0.3 is 0 Å². The Balaban J connectivity index is 1.91. The number of rotatable bonds is 8. The van der Waals surface area contributed by atoms with Crippen molar-refractivity contribution in [1.29, 1.82) is 0 Å². The molecular formula is C15H24N4O4S. The Morgan fingerprint density at radius 3 is 2.29 bits per heavy atom. The highest BCUT2D eigenvalue weighted by Gasteiger charge is 2.15. The summed E-state index contributed by atoms with van der Waals surface area (Å²) in [4.78, 5) is 6.34. The van der Waals surface area contributed by atoms with Crippen LogP contribution in [0.5, 0.6) is 0 Å². The molecule has 8 nitrogen and oxygen atoms in total. The second-order valence-corrected chi connectivity index (χ2v) is 8.35. The van der Waals surface area contributed by atoms with Gasteiger partial charge < -0.3 is 8.94 Å². The van der Waals surface area contributed by atoms with Gasteiger partial charge in [-0.3, -0.25) is 4.90 Å². The lowest BCUT2D eigenvalue weighted by atomic mass is 10.2. The lowest BCUT2D eigenvalue weighted by Gasteiger charge is -2.13.